The van der Waals surface area contributed by atoms with Crippen molar-refractivity contribution in [2.45, 2.75) is 25.4 Å². The highest BCUT2D eigenvalue weighted by molar-refractivity contribution is 5.48. The van der Waals surface area contributed by atoms with E-state index in [1.54, 1.807) is 0 Å². The number of nitrogens with one attached hydrogen (secondary N) is 1. The van der Waals surface area contributed by atoms with E-state index in [2.05, 4.69) is 22.4 Å². The van der Waals surface area contributed by atoms with E-state index in [0.29, 0.717) is 12.8 Å². The number of aromatic nitrogens is 1. The van der Waals surface area contributed by atoms with Crippen LogP contribution >= 0.6 is 0 Å². The average molecular weight is 268 g/mol. The molecule has 0 amide bonds. The fraction of sp³-hybridized carbons (Fsp3) is 0.312. The third-order valence-corrected chi connectivity index (χ3v) is 3.98. The summed E-state index contributed by atoms with van der Waals surface area (Å²) in [4.78, 5) is 4.51. The van der Waals surface area contributed by atoms with Crippen molar-refractivity contribution >= 4 is 0 Å². The van der Waals surface area contributed by atoms with Gasteiger partial charge in [0.05, 0.1) is 11.7 Å². The number of hydrogen-bond donors (Lipinski definition) is 1. The number of para-hydroxylation sites is 1. The summed E-state index contributed by atoms with van der Waals surface area (Å²) < 4.78 is 10.9. The van der Waals surface area contributed by atoms with Gasteiger partial charge in [-0.15, -0.1) is 0 Å². The number of ether oxygens (including phenoxy) is 2. The van der Waals surface area contributed by atoms with E-state index in [-0.39, 0.29) is 0 Å². The zero-order valence-corrected chi connectivity index (χ0v) is 11.1. The van der Waals surface area contributed by atoms with Crippen molar-refractivity contribution in [2.75, 3.05) is 6.79 Å². The van der Waals surface area contributed by atoms with Crippen LogP contribution in [0.1, 0.15) is 29.3 Å². The molecule has 2 heterocycles. The van der Waals surface area contributed by atoms with Crippen LogP contribution < -0.4 is 14.8 Å². The van der Waals surface area contributed by atoms with E-state index < -0.39 is 0 Å². The van der Waals surface area contributed by atoms with Gasteiger partial charge in [-0.25, -0.2) is 0 Å². The molecule has 4 rings (SSSR count). The largest absolute Gasteiger partial charge is 0.454 e. The Kier molecular flexibility index (Phi) is 2.81. The SMILES string of the molecule is c1cnc2c(c1)CCC2NCc1cccc2c1OCO2. The smallest absolute Gasteiger partial charge is 0.231 e. The molecule has 0 fully saturated rings. The Balaban J connectivity index is 1.51. The van der Waals surface area contributed by atoms with Crippen molar-refractivity contribution in [3.8, 4) is 11.5 Å². The summed E-state index contributed by atoms with van der Waals surface area (Å²) >= 11 is 0. The molecule has 4 heteroatoms. The second kappa shape index (κ2) is 4.80. The molecule has 1 aliphatic carbocycles. The number of nitrogens with zero attached hydrogens (tertiary/aromatic N) is 1. The van der Waals surface area contributed by atoms with Crippen LogP contribution in [0.25, 0.3) is 0 Å². The third kappa shape index (κ3) is 1.93. The summed E-state index contributed by atoms with van der Waals surface area (Å²) in [6.07, 6.45) is 4.09. The molecule has 1 unspecified atom stereocenters. The van der Waals surface area contributed by atoms with Gasteiger partial charge in [0.2, 0.25) is 6.79 Å². The molecule has 1 N–H and O–H groups in total. The number of fused-ring (bicyclic) bond motifs is 2. The van der Waals surface area contributed by atoms with E-state index >= 15 is 0 Å². The van der Waals surface area contributed by atoms with Gasteiger partial charge in [0.1, 0.15) is 0 Å². The Morgan fingerprint density at radius 3 is 3.20 bits per heavy atom. The second-order valence-electron chi connectivity index (χ2n) is 5.17. The Hall–Kier alpha value is -2.07. The van der Waals surface area contributed by atoms with Gasteiger partial charge in [-0.3, -0.25) is 4.98 Å². The lowest BCUT2D eigenvalue weighted by molar-refractivity contribution is 0.173. The van der Waals surface area contributed by atoms with Crippen LogP contribution in [0, 0.1) is 0 Å². The maximum Gasteiger partial charge on any atom is 0.231 e. The molecule has 1 aliphatic heterocycles. The second-order valence-corrected chi connectivity index (χ2v) is 5.17. The first-order chi connectivity index (χ1) is 9.92. The molecule has 1 atom stereocenters. The molecule has 0 spiro atoms. The molecule has 0 bridgehead atoms. The normalized spacial score (nSPS) is 19.1. The molecule has 0 saturated heterocycles. The highest BCUT2D eigenvalue weighted by atomic mass is 16.7. The summed E-state index contributed by atoms with van der Waals surface area (Å²) in [5.41, 5.74) is 3.70. The summed E-state index contributed by atoms with van der Waals surface area (Å²) in [7, 11) is 0. The summed E-state index contributed by atoms with van der Waals surface area (Å²) in [5, 5.41) is 3.59. The van der Waals surface area contributed by atoms with E-state index in [9.17, 15) is 0 Å². The van der Waals surface area contributed by atoms with Crippen molar-refractivity contribution in [3.63, 3.8) is 0 Å². The first-order valence-corrected chi connectivity index (χ1v) is 6.96. The number of hydrogen-bond acceptors (Lipinski definition) is 4. The molecular formula is C16H16N2O2. The summed E-state index contributed by atoms with van der Waals surface area (Å²) in [6, 6.07) is 10.5. The molecule has 20 heavy (non-hydrogen) atoms. The van der Waals surface area contributed by atoms with Gasteiger partial charge in [-0.1, -0.05) is 18.2 Å². The number of aryl methyl sites for hydroxylation is 1. The van der Waals surface area contributed by atoms with Gasteiger partial charge in [-0.05, 0) is 30.5 Å². The highest BCUT2D eigenvalue weighted by Crippen LogP contribution is 2.36. The molecule has 2 aromatic rings. The summed E-state index contributed by atoms with van der Waals surface area (Å²) in [6.45, 7) is 1.09. The maximum absolute atomic E-state index is 5.54. The maximum atomic E-state index is 5.54. The van der Waals surface area contributed by atoms with Crippen LogP contribution in [0.4, 0.5) is 0 Å². The molecule has 1 aromatic heterocycles. The van der Waals surface area contributed by atoms with E-state index in [1.165, 1.54) is 11.3 Å². The first kappa shape index (κ1) is 11.7. The van der Waals surface area contributed by atoms with Crippen LogP contribution in [-0.4, -0.2) is 11.8 Å². The monoisotopic (exact) mass is 268 g/mol. The Labute approximate surface area is 117 Å². The van der Waals surface area contributed by atoms with Gasteiger partial charge in [0, 0.05) is 18.3 Å². The van der Waals surface area contributed by atoms with Gasteiger partial charge < -0.3 is 14.8 Å². The molecule has 2 aliphatic rings. The summed E-state index contributed by atoms with van der Waals surface area (Å²) in [5.74, 6) is 1.72. The van der Waals surface area contributed by atoms with Crippen molar-refractivity contribution in [3.05, 3.63) is 53.3 Å². The Morgan fingerprint density at radius 2 is 2.20 bits per heavy atom. The zero-order chi connectivity index (χ0) is 13.4. The predicted octanol–water partition coefficient (Wildman–Crippen LogP) is 2.59. The number of benzene rings is 1. The highest BCUT2D eigenvalue weighted by Gasteiger charge is 2.24. The van der Waals surface area contributed by atoms with E-state index in [0.717, 1.165) is 36.4 Å². The zero-order valence-electron chi connectivity index (χ0n) is 11.1. The minimum absolute atomic E-state index is 0.320. The van der Waals surface area contributed by atoms with E-state index in [1.807, 2.05) is 24.4 Å². The van der Waals surface area contributed by atoms with Gasteiger partial charge in [-0.2, -0.15) is 0 Å². The lowest BCUT2D eigenvalue weighted by Crippen LogP contribution is -2.19. The molecule has 4 nitrogen and oxygen atoms in total. The van der Waals surface area contributed by atoms with Crippen molar-refractivity contribution in [1.29, 1.82) is 0 Å². The topological polar surface area (TPSA) is 43.4 Å². The number of pyridine rings is 1. The van der Waals surface area contributed by atoms with Crippen molar-refractivity contribution < 1.29 is 9.47 Å². The fourth-order valence-electron chi connectivity index (χ4n) is 2.97. The minimum Gasteiger partial charge on any atom is -0.454 e. The van der Waals surface area contributed by atoms with Crippen LogP contribution in [0.5, 0.6) is 11.5 Å². The van der Waals surface area contributed by atoms with Gasteiger partial charge in [0.15, 0.2) is 11.5 Å². The van der Waals surface area contributed by atoms with Crippen LogP contribution in [0.2, 0.25) is 0 Å². The molecule has 0 radical (unpaired) electrons. The quantitative estimate of drug-likeness (QED) is 0.929. The lowest BCUT2D eigenvalue weighted by atomic mass is 10.1. The molecule has 102 valence electrons. The standard InChI is InChI=1S/C16H16N2O2/c1-3-12(16-14(5-1)19-10-20-16)9-18-13-7-6-11-4-2-8-17-15(11)13/h1-5,8,13,18H,6-7,9-10H2. The Morgan fingerprint density at radius 1 is 1.20 bits per heavy atom. The van der Waals surface area contributed by atoms with Crippen molar-refractivity contribution in [1.82, 2.24) is 10.3 Å². The minimum atomic E-state index is 0.320. The molecule has 1 aromatic carbocycles. The van der Waals surface area contributed by atoms with Crippen LogP contribution in [-0.2, 0) is 13.0 Å². The fourth-order valence-corrected chi connectivity index (χ4v) is 2.97. The molecule has 0 saturated carbocycles. The lowest BCUT2D eigenvalue weighted by Gasteiger charge is -2.14. The number of rotatable bonds is 3. The van der Waals surface area contributed by atoms with Crippen LogP contribution in [0.15, 0.2) is 36.5 Å². The third-order valence-electron chi connectivity index (χ3n) is 3.98. The van der Waals surface area contributed by atoms with E-state index in [4.69, 9.17) is 9.47 Å². The molecular weight excluding hydrogens is 252 g/mol. The van der Waals surface area contributed by atoms with Gasteiger partial charge in [0.25, 0.3) is 0 Å². The predicted molar refractivity (Wildman–Crippen MR) is 74.7 cm³/mol. The average Bonchev–Trinajstić information content (AvgIpc) is 3.12. The first-order valence-electron chi connectivity index (χ1n) is 6.96. The van der Waals surface area contributed by atoms with Gasteiger partial charge >= 0.3 is 0 Å². The Bertz CT molecular complexity index is 642. The van der Waals surface area contributed by atoms with Crippen molar-refractivity contribution in [2.24, 2.45) is 0 Å². The van der Waals surface area contributed by atoms with Crippen LogP contribution in [0.3, 0.4) is 0 Å².